The Hall–Kier alpha value is -3.09. The van der Waals surface area contributed by atoms with E-state index in [1.165, 1.54) is 37.3 Å². The molecular formula is C27H33O15+. The monoisotopic (exact) mass is 597 g/mol. The van der Waals surface area contributed by atoms with Gasteiger partial charge >= 0.3 is 11.5 Å². The summed E-state index contributed by atoms with van der Waals surface area (Å²) in [4.78, 5) is 0. The maximum atomic E-state index is 10.7. The van der Waals surface area contributed by atoms with Gasteiger partial charge in [0.25, 0.3) is 0 Å². The molecule has 0 amide bonds. The van der Waals surface area contributed by atoms with Gasteiger partial charge in [0, 0.05) is 6.07 Å². The molecule has 15 nitrogen and oxygen atoms in total. The number of fused-ring (bicyclic) bond motifs is 1. The lowest BCUT2D eigenvalue weighted by molar-refractivity contribution is -0.331. The minimum Gasteiger partial charge on any atom is -0.507 e. The molecule has 2 saturated heterocycles. The van der Waals surface area contributed by atoms with Gasteiger partial charge in [0.15, 0.2) is 30.2 Å². The Morgan fingerprint density at radius 1 is 0.738 bits per heavy atom. The van der Waals surface area contributed by atoms with Gasteiger partial charge in [0.05, 0.1) is 24.3 Å². The minimum atomic E-state index is -1.79. The molecule has 230 valence electrons. The van der Waals surface area contributed by atoms with E-state index in [0.29, 0.717) is 0 Å². The summed E-state index contributed by atoms with van der Waals surface area (Å²) in [5.41, 5.74) is 0.341. The van der Waals surface area contributed by atoms with Crippen LogP contribution in [0.1, 0.15) is 18.6 Å². The zero-order valence-corrected chi connectivity index (χ0v) is 22.1. The normalized spacial score (nSPS) is 38.3. The van der Waals surface area contributed by atoms with Crippen molar-refractivity contribution in [3.05, 3.63) is 51.0 Å². The van der Waals surface area contributed by atoms with Crippen LogP contribution in [0.5, 0.6) is 23.0 Å². The van der Waals surface area contributed by atoms with Crippen LogP contribution in [-0.2, 0) is 18.9 Å². The van der Waals surface area contributed by atoms with Gasteiger partial charge < -0.3 is 70.0 Å². The molecule has 2 fully saturated rings. The molecule has 0 spiro atoms. The Bertz CT molecular complexity index is 1400. The lowest BCUT2D eigenvalue weighted by Gasteiger charge is -2.42. The quantitative estimate of drug-likeness (QED) is 0.116. The number of benzene rings is 2. The van der Waals surface area contributed by atoms with Gasteiger partial charge in [-0.25, -0.2) is 4.42 Å². The Morgan fingerprint density at radius 2 is 1.43 bits per heavy atom. The van der Waals surface area contributed by atoms with Gasteiger partial charge in [-0.2, -0.15) is 0 Å². The predicted octanol–water partition coefficient (Wildman–Crippen LogP) is -3.30. The van der Waals surface area contributed by atoms with Crippen molar-refractivity contribution in [3.63, 3.8) is 0 Å². The molecule has 2 aromatic rings. The van der Waals surface area contributed by atoms with E-state index < -0.39 is 91.7 Å². The van der Waals surface area contributed by atoms with Crippen molar-refractivity contribution >= 4 is 6.08 Å². The number of aliphatic hydroxyl groups is 6. The molecule has 0 radical (unpaired) electrons. The molecule has 0 saturated carbocycles. The molecule has 42 heavy (non-hydrogen) atoms. The van der Waals surface area contributed by atoms with Crippen molar-refractivity contribution in [2.75, 3.05) is 6.61 Å². The van der Waals surface area contributed by atoms with Gasteiger partial charge in [-0.05, 0) is 31.2 Å². The number of aliphatic hydroxyl groups excluding tert-OH is 6. The second-order valence-electron chi connectivity index (χ2n) is 10.5. The average Bonchev–Trinajstić information content (AvgIpc) is 2.95. The summed E-state index contributed by atoms with van der Waals surface area (Å²) in [6.45, 7) is 0.946. The summed E-state index contributed by atoms with van der Waals surface area (Å²) in [6, 6.07) is 6.14. The summed E-state index contributed by atoms with van der Waals surface area (Å²) in [5.74, 6) is -1.52. The van der Waals surface area contributed by atoms with Crippen molar-refractivity contribution < 1.29 is 70.0 Å². The van der Waals surface area contributed by atoms with Crippen LogP contribution < -0.4 is 10.6 Å². The highest BCUT2D eigenvalue weighted by molar-refractivity contribution is 5.49. The van der Waals surface area contributed by atoms with Crippen LogP contribution in [0.25, 0.3) is 6.08 Å². The van der Waals surface area contributed by atoms with Crippen molar-refractivity contribution in [2.24, 2.45) is 0 Å². The molecule has 12 atom stereocenters. The molecule has 3 aliphatic rings. The minimum absolute atomic E-state index is 0.0596. The first-order valence-corrected chi connectivity index (χ1v) is 13.1. The lowest BCUT2D eigenvalue weighted by atomic mass is 9.97. The fourth-order valence-electron chi connectivity index (χ4n) is 5.07. The zero-order valence-electron chi connectivity index (χ0n) is 22.1. The summed E-state index contributed by atoms with van der Waals surface area (Å²) < 4.78 is 28.5. The molecule has 3 aliphatic heterocycles. The number of phenols is 4. The number of rotatable bonds is 6. The zero-order chi connectivity index (χ0) is 30.5. The Morgan fingerprint density at radius 3 is 2.14 bits per heavy atom. The van der Waals surface area contributed by atoms with Crippen LogP contribution >= 0.6 is 0 Å². The van der Waals surface area contributed by atoms with Crippen molar-refractivity contribution in [2.45, 2.75) is 80.5 Å². The van der Waals surface area contributed by atoms with Gasteiger partial charge in [-0.1, -0.05) is 0 Å². The summed E-state index contributed by atoms with van der Waals surface area (Å²) in [5, 5.41) is 102. The second kappa shape index (κ2) is 11.9. The maximum Gasteiger partial charge on any atom is 0.359 e. The Kier molecular flexibility index (Phi) is 8.60. The van der Waals surface area contributed by atoms with Crippen LogP contribution in [0.2, 0.25) is 0 Å². The summed E-state index contributed by atoms with van der Waals surface area (Å²) in [6.07, 6.45) is -16.0. The summed E-state index contributed by atoms with van der Waals surface area (Å²) in [7, 11) is 0. The highest BCUT2D eigenvalue weighted by atomic mass is 16.7. The third kappa shape index (κ3) is 5.76. The van der Waals surface area contributed by atoms with E-state index in [0.717, 1.165) is 6.07 Å². The first-order valence-electron chi connectivity index (χ1n) is 13.1. The van der Waals surface area contributed by atoms with Gasteiger partial charge in [-0.15, -0.1) is 0 Å². The summed E-state index contributed by atoms with van der Waals surface area (Å²) >= 11 is 0. The number of aromatic hydroxyl groups is 4. The molecule has 0 aliphatic carbocycles. The first-order chi connectivity index (χ1) is 19.8. The van der Waals surface area contributed by atoms with Crippen molar-refractivity contribution in [3.8, 4) is 23.0 Å². The number of hydrogen-bond acceptors (Lipinski definition) is 14. The third-order valence-corrected chi connectivity index (χ3v) is 7.51. The standard InChI is InChI=1S/C27H32O15/c1-9-19(32)21(34)23(36)26(39-9)38-8-18-20(33)22(35)24(37)27(42-18)41-17-7-12-14(30)5-11(28)6-16(12)40-25(17)10-2-3-13(29)15(31)4-10/h2-7,9,17-27,32-37H,8H2,1H3,(H3-,28,29,30,31)/p+1. The van der Waals surface area contributed by atoms with E-state index in [2.05, 4.69) is 0 Å². The second-order valence-corrected chi connectivity index (χ2v) is 10.5. The van der Waals surface area contributed by atoms with E-state index in [1.807, 2.05) is 0 Å². The smallest absolute Gasteiger partial charge is 0.359 e. The maximum absolute atomic E-state index is 10.7. The molecule has 5 rings (SSSR count). The van der Waals surface area contributed by atoms with E-state index >= 15 is 0 Å². The third-order valence-electron chi connectivity index (χ3n) is 7.51. The van der Waals surface area contributed by atoms with Gasteiger partial charge in [0.1, 0.15) is 59.4 Å². The Balaban J connectivity index is 1.40. The lowest BCUT2D eigenvalue weighted by Crippen LogP contribution is -2.61. The average molecular weight is 598 g/mol. The molecule has 3 heterocycles. The molecule has 2 aromatic carbocycles. The molecule has 0 bridgehead atoms. The molecule has 0 aromatic heterocycles. The number of ether oxygens (including phenoxy) is 4. The van der Waals surface area contributed by atoms with Crippen molar-refractivity contribution in [1.29, 1.82) is 0 Å². The molecular weight excluding hydrogens is 564 g/mol. The number of phenolic OH excluding ortho intramolecular Hbond substituents is 4. The van der Waals surface area contributed by atoms with Gasteiger partial charge in [-0.3, -0.25) is 0 Å². The molecule has 15 heteroatoms. The van der Waals surface area contributed by atoms with E-state index in [9.17, 15) is 51.1 Å². The highest BCUT2D eigenvalue weighted by Gasteiger charge is 2.49. The molecule has 12 unspecified atom stereocenters. The SMILES string of the molecule is CC1OC(OCC2OC(OC3C=c4c(O)cc(O)cc4=[O+]C3c3ccc(O)c(O)c3)C(O)C(O)C2O)C(O)C(O)C1O. The Labute approximate surface area is 237 Å². The van der Waals surface area contributed by atoms with Crippen molar-refractivity contribution in [1.82, 2.24) is 0 Å². The van der Waals surface area contributed by atoms with E-state index in [4.69, 9.17) is 23.4 Å². The van der Waals surface area contributed by atoms with E-state index in [1.54, 1.807) is 0 Å². The fourth-order valence-corrected chi connectivity index (χ4v) is 5.07. The van der Waals surface area contributed by atoms with Crippen LogP contribution in [-0.4, -0.2) is 125 Å². The van der Waals surface area contributed by atoms with Crippen LogP contribution in [0.4, 0.5) is 0 Å². The number of hydrogen-bond donors (Lipinski definition) is 10. The topological polar surface area (TPSA) is 251 Å². The van der Waals surface area contributed by atoms with Crippen LogP contribution in [0.15, 0.2) is 34.8 Å². The van der Waals surface area contributed by atoms with Gasteiger partial charge in [0.2, 0.25) is 0 Å². The van der Waals surface area contributed by atoms with E-state index in [-0.39, 0.29) is 27.7 Å². The predicted molar refractivity (Wildman–Crippen MR) is 138 cm³/mol. The first kappa shape index (κ1) is 30.4. The molecule has 10 N–H and O–H groups in total. The highest BCUT2D eigenvalue weighted by Crippen LogP contribution is 2.35. The largest absolute Gasteiger partial charge is 0.507 e. The van der Waals surface area contributed by atoms with Crippen LogP contribution in [0, 0.1) is 0 Å². The van der Waals surface area contributed by atoms with Crippen LogP contribution in [0.3, 0.4) is 0 Å². The fraction of sp³-hybridized carbons (Fsp3) is 0.519.